The fourth-order valence-electron chi connectivity index (χ4n) is 3.48. The average molecular weight is 370 g/mol. The molecular formula is C20H26N4O3. The van der Waals surface area contributed by atoms with Crippen molar-refractivity contribution in [3.63, 3.8) is 0 Å². The quantitative estimate of drug-likeness (QED) is 0.815. The highest BCUT2D eigenvalue weighted by Crippen LogP contribution is 2.24. The van der Waals surface area contributed by atoms with Gasteiger partial charge in [0.2, 0.25) is 11.8 Å². The second-order valence-electron chi connectivity index (χ2n) is 6.95. The van der Waals surface area contributed by atoms with Crippen molar-refractivity contribution in [2.24, 2.45) is 5.92 Å². The van der Waals surface area contributed by atoms with Gasteiger partial charge in [-0.3, -0.25) is 14.7 Å². The van der Waals surface area contributed by atoms with Gasteiger partial charge in [0.05, 0.1) is 18.7 Å². The van der Waals surface area contributed by atoms with Crippen LogP contribution in [0.1, 0.15) is 35.4 Å². The van der Waals surface area contributed by atoms with E-state index in [4.69, 9.17) is 4.74 Å². The number of aromatic amines is 1. The zero-order chi connectivity index (χ0) is 19.4. The zero-order valence-corrected chi connectivity index (χ0v) is 16.0. The van der Waals surface area contributed by atoms with Crippen LogP contribution in [0.3, 0.4) is 0 Å². The Bertz CT molecular complexity index is 811. The van der Waals surface area contributed by atoms with E-state index in [-0.39, 0.29) is 17.7 Å². The summed E-state index contributed by atoms with van der Waals surface area (Å²) in [6.45, 7) is 5.18. The summed E-state index contributed by atoms with van der Waals surface area (Å²) in [5, 5.41) is 10.1. The number of aromatic nitrogens is 2. The summed E-state index contributed by atoms with van der Waals surface area (Å²) >= 11 is 0. The van der Waals surface area contributed by atoms with E-state index in [2.05, 4.69) is 15.5 Å². The number of carbonyl (C=O) groups is 2. The molecule has 27 heavy (non-hydrogen) atoms. The molecular weight excluding hydrogens is 344 g/mol. The Morgan fingerprint density at radius 3 is 2.85 bits per heavy atom. The number of hydrogen-bond acceptors (Lipinski definition) is 4. The first-order valence-corrected chi connectivity index (χ1v) is 9.17. The molecule has 1 aromatic carbocycles. The molecule has 2 N–H and O–H groups in total. The molecule has 2 aromatic rings. The van der Waals surface area contributed by atoms with Crippen LogP contribution in [0.5, 0.6) is 5.75 Å². The normalized spacial score (nSPS) is 17.1. The van der Waals surface area contributed by atoms with Crippen molar-refractivity contribution in [2.75, 3.05) is 13.7 Å². The van der Waals surface area contributed by atoms with Gasteiger partial charge in [0.1, 0.15) is 5.75 Å². The second kappa shape index (κ2) is 8.24. The summed E-state index contributed by atoms with van der Waals surface area (Å²) in [4.78, 5) is 26.7. The number of likely N-dealkylation sites (tertiary alicyclic amines) is 1. The van der Waals surface area contributed by atoms with Crippen molar-refractivity contribution < 1.29 is 14.3 Å². The summed E-state index contributed by atoms with van der Waals surface area (Å²) in [6, 6.07) is 7.65. The van der Waals surface area contributed by atoms with E-state index in [1.165, 1.54) is 0 Å². The summed E-state index contributed by atoms with van der Waals surface area (Å²) < 4.78 is 5.37. The lowest BCUT2D eigenvalue weighted by atomic mass is 9.96. The SMILES string of the molecule is COc1ccccc1CN1C[C@@H](C(=O)NCc2c(C)n[nH]c2C)CCC1=O. The van der Waals surface area contributed by atoms with Gasteiger partial charge in [-0.1, -0.05) is 18.2 Å². The number of H-pyrrole nitrogens is 1. The highest BCUT2D eigenvalue weighted by molar-refractivity contribution is 5.83. The van der Waals surface area contributed by atoms with E-state index in [1.807, 2.05) is 38.1 Å². The van der Waals surface area contributed by atoms with Crippen LogP contribution >= 0.6 is 0 Å². The molecule has 7 nitrogen and oxygen atoms in total. The number of benzene rings is 1. The molecule has 0 bridgehead atoms. The van der Waals surface area contributed by atoms with Crippen molar-refractivity contribution in [1.29, 1.82) is 0 Å². The van der Waals surface area contributed by atoms with E-state index in [0.717, 1.165) is 28.3 Å². The van der Waals surface area contributed by atoms with Gasteiger partial charge >= 0.3 is 0 Å². The summed E-state index contributed by atoms with van der Waals surface area (Å²) in [6.07, 6.45) is 0.966. The predicted octanol–water partition coefficient (Wildman–Crippen LogP) is 2.09. The molecule has 144 valence electrons. The Labute approximate surface area is 159 Å². The second-order valence-corrected chi connectivity index (χ2v) is 6.95. The van der Waals surface area contributed by atoms with E-state index in [0.29, 0.717) is 32.5 Å². The van der Waals surface area contributed by atoms with Gasteiger partial charge in [-0.15, -0.1) is 0 Å². The number of amides is 2. The van der Waals surface area contributed by atoms with Gasteiger partial charge in [0, 0.05) is 42.9 Å². The van der Waals surface area contributed by atoms with Gasteiger partial charge in [0.25, 0.3) is 0 Å². The summed E-state index contributed by atoms with van der Waals surface area (Å²) in [5.74, 6) is 0.603. The number of carbonyl (C=O) groups excluding carboxylic acids is 2. The number of hydrogen-bond donors (Lipinski definition) is 2. The average Bonchev–Trinajstić information content (AvgIpc) is 2.99. The lowest BCUT2D eigenvalue weighted by molar-refractivity contribution is -0.139. The molecule has 1 saturated heterocycles. The highest BCUT2D eigenvalue weighted by Gasteiger charge is 2.30. The van der Waals surface area contributed by atoms with Crippen molar-refractivity contribution >= 4 is 11.8 Å². The minimum Gasteiger partial charge on any atom is -0.496 e. The molecule has 0 aliphatic carbocycles. The molecule has 1 aromatic heterocycles. The number of methoxy groups -OCH3 is 1. The zero-order valence-electron chi connectivity index (χ0n) is 16.0. The van der Waals surface area contributed by atoms with Crippen LogP contribution in [-0.4, -0.2) is 40.6 Å². The first-order chi connectivity index (χ1) is 13.0. The largest absolute Gasteiger partial charge is 0.496 e. The standard InChI is InChI=1S/C20H26N4O3/c1-13-17(14(2)23-22-13)10-21-20(26)16-8-9-19(25)24(12-16)11-15-6-4-5-7-18(15)27-3/h4-7,16H,8-12H2,1-3H3,(H,21,26)(H,22,23)/t16-/m0/s1. The van der Waals surface area contributed by atoms with Crippen LogP contribution in [0, 0.1) is 19.8 Å². The van der Waals surface area contributed by atoms with Crippen LogP contribution in [-0.2, 0) is 22.7 Å². The number of nitrogens with zero attached hydrogens (tertiary/aromatic N) is 2. The summed E-state index contributed by atoms with van der Waals surface area (Å²) in [7, 11) is 1.62. The Hall–Kier alpha value is -2.83. The molecule has 1 aliphatic heterocycles. The monoisotopic (exact) mass is 370 g/mol. The number of aryl methyl sites for hydroxylation is 2. The molecule has 1 aliphatic rings. The van der Waals surface area contributed by atoms with Crippen LogP contribution in [0.15, 0.2) is 24.3 Å². The topological polar surface area (TPSA) is 87.3 Å². The van der Waals surface area contributed by atoms with E-state index >= 15 is 0 Å². The predicted molar refractivity (Wildman–Crippen MR) is 101 cm³/mol. The fraction of sp³-hybridized carbons (Fsp3) is 0.450. The molecule has 3 rings (SSSR count). The molecule has 1 atom stereocenters. The number of ether oxygens (including phenoxy) is 1. The third-order valence-corrected chi connectivity index (χ3v) is 5.14. The minimum absolute atomic E-state index is 0.0208. The molecule has 0 saturated carbocycles. The van der Waals surface area contributed by atoms with Crippen molar-refractivity contribution in [3.8, 4) is 5.75 Å². The maximum Gasteiger partial charge on any atom is 0.225 e. The molecule has 7 heteroatoms. The maximum atomic E-state index is 12.6. The van der Waals surface area contributed by atoms with E-state index in [9.17, 15) is 9.59 Å². The van der Waals surface area contributed by atoms with Gasteiger partial charge in [-0.2, -0.15) is 5.10 Å². The molecule has 0 spiro atoms. The first-order valence-electron chi connectivity index (χ1n) is 9.17. The Kier molecular flexibility index (Phi) is 5.78. The number of nitrogens with one attached hydrogen (secondary N) is 2. The molecule has 2 amide bonds. The molecule has 0 unspecified atom stereocenters. The van der Waals surface area contributed by atoms with Crippen molar-refractivity contribution in [2.45, 2.75) is 39.8 Å². The lowest BCUT2D eigenvalue weighted by Crippen LogP contribution is -2.45. The number of piperidine rings is 1. The fourth-order valence-corrected chi connectivity index (χ4v) is 3.48. The lowest BCUT2D eigenvalue weighted by Gasteiger charge is -2.32. The van der Waals surface area contributed by atoms with Crippen LogP contribution in [0.4, 0.5) is 0 Å². The van der Waals surface area contributed by atoms with Crippen LogP contribution < -0.4 is 10.1 Å². The maximum absolute atomic E-state index is 12.6. The van der Waals surface area contributed by atoms with E-state index < -0.39 is 0 Å². The number of rotatable bonds is 6. The molecule has 1 fully saturated rings. The van der Waals surface area contributed by atoms with Crippen LogP contribution in [0.2, 0.25) is 0 Å². The summed E-state index contributed by atoms with van der Waals surface area (Å²) in [5.41, 5.74) is 3.81. The van der Waals surface area contributed by atoms with Gasteiger partial charge < -0.3 is 15.0 Å². The van der Waals surface area contributed by atoms with Gasteiger partial charge in [-0.05, 0) is 26.3 Å². The Morgan fingerprint density at radius 2 is 2.15 bits per heavy atom. The van der Waals surface area contributed by atoms with Gasteiger partial charge in [0.15, 0.2) is 0 Å². The van der Waals surface area contributed by atoms with Gasteiger partial charge in [-0.25, -0.2) is 0 Å². The third-order valence-electron chi connectivity index (χ3n) is 5.14. The van der Waals surface area contributed by atoms with Crippen molar-refractivity contribution in [3.05, 3.63) is 46.8 Å². The van der Waals surface area contributed by atoms with Crippen LogP contribution in [0.25, 0.3) is 0 Å². The molecule has 2 heterocycles. The smallest absolute Gasteiger partial charge is 0.225 e. The highest BCUT2D eigenvalue weighted by atomic mass is 16.5. The van der Waals surface area contributed by atoms with E-state index in [1.54, 1.807) is 12.0 Å². The Morgan fingerprint density at radius 1 is 1.37 bits per heavy atom. The Balaban J connectivity index is 1.62. The minimum atomic E-state index is -0.204. The van der Waals surface area contributed by atoms with Crippen molar-refractivity contribution in [1.82, 2.24) is 20.4 Å². The number of para-hydroxylation sites is 1. The molecule has 0 radical (unpaired) electrons. The first kappa shape index (κ1) is 18.9. The third kappa shape index (κ3) is 4.30.